The van der Waals surface area contributed by atoms with Gasteiger partial charge in [-0.2, -0.15) is 0 Å². The SMILES string of the molecule is C=CC[Si](CCl)(CCl)CC=C. The predicted octanol–water partition coefficient (Wildman–Crippen LogP) is 3.36. The maximum atomic E-state index is 5.86. The van der Waals surface area contributed by atoms with Gasteiger partial charge in [-0.15, -0.1) is 36.4 Å². The van der Waals surface area contributed by atoms with E-state index >= 15 is 0 Å². The number of alkyl halides is 2. The van der Waals surface area contributed by atoms with Crippen LogP contribution in [0.5, 0.6) is 0 Å². The van der Waals surface area contributed by atoms with Crippen LogP contribution in [0.3, 0.4) is 0 Å². The summed E-state index contributed by atoms with van der Waals surface area (Å²) in [5, 5.41) is 0. The first-order valence-electron chi connectivity index (χ1n) is 3.58. The molecule has 0 rings (SSSR count). The zero-order chi connectivity index (χ0) is 8.74. The van der Waals surface area contributed by atoms with Crippen molar-refractivity contribution in [3.63, 3.8) is 0 Å². The Labute approximate surface area is 79.9 Å². The first-order valence-corrected chi connectivity index (χ1v) is 7.48. The summed E-state index contributed by atoms with van der Waals surface area (Å²) in [5.41, 5.74) is 1.41. The van der Waals surface area contributed by atoms with Crippen LogP contribution in [0.25, 0.3) is 0 Å². The van der Waals surface area contributed by atoms with E-state index in [9.17, 15) is 0 Å². The predicted molar refractivity (Wildman–Crippen MR) is 57.2 cm³/mol. The molecule has 11 heavy (non-hydrogen) atoms. The molecule has 3 heteroatoms. The van der Waals surface area contributed by atoms with Crippen molar-refractivity contribution < 1.29 is 0 Å². The van der Waals surface area contributed by atoms with Gasteiger partial charge >= 0.3 is 0 Å². The monoisotopic (exact) mass is 208 g/mol. The van der Waals surface area contributed by atoms with Crippen molar-refractivity contribution >= 4 is 31.3 Å². The third-order valence-electron chi connectivity index (χ3n) is 1.72. The van der Waals surface area contributed by atoms with Crippen LogP contribution in [0.2, 0.25) is 12.1 Å². The number of hydrogen-bond donors (Lipinski definition) is 0. The van der Waals surface area contributed by atoms with Gasteiger partial charge in [0.05, 0.1) is 8.07 Å². The largest absolute Gasteiger partial charge is 0.130 e. The van der Waals surface area contributed by atoms with E-state index in [4.69, 9.17) is 23.2 Å². The minimum absolute atomic E-state index is 0.703. The van der Waals surface area contributed by atoms with Gasteiger partial charge in [0.2, 0.25) is 0 Å². The molecule has 0 nitrogen and oxygen atoms in total. The van der Waals surface area contributed by atoms with Crippen LogP contribution in [0.4, 0.5) is 0 Å². The molecule has 0 heterocycles. The van der Waals surface area contributed by atoms with Crippen molar-refractivity contribution in [1.82, 2.24) is 0 Å². The first-order chi connectivity index (χ1) is 5.24. The highest BCUT2D eigenvalue weighted by Crippen LogP contribution is 2.20. The lowest BCUT2D eigenvalue weighted by atomic mass is 10.7. The molecule has 0 bridgehead atoms. The molecular formula is C8H14Cl2Si. The number of hydrogen-bond acceptors (Lipinski definition) is 0. The quantitative estimate of drug-likeness (QED) is 0.357. The molecule has 0 spiro atoms. The standard InChI is InChI=1S/C8H14Cl2Si/c1-3-5-11(7-9,8-10)6-4-2/h3-4H,1-2,5-8H2. The fourth-order valence-corrected chi connectivity index (χ4v) is 5.02. The van der Waals surface area contributed by atoms with Crippen LogP contribution >= 0.6 is 23.2 Å². The number of halogens is 2. The molecule has 0 atom stereocenters. The van der Waals surface area contributed by atoms with E-state index in [0.29, 0.717) is 11.0 Å². The Bertz CT molecular complexity index is 118. The van der Waals surface area contributed by atoms with Gasteiger partial charge in [-0.1, -0.05) is 12.2 Å². The van der Waals surface area contributed by atoms with Crippen molar-refractivity contribution in [3.8, 4) is 0 Å². The molecule has 0 saturated heterocycles. The minimum Gasteiger partial charge on any atom is -0.130 e. The van der Waals surface area contributed by atoms with Crippen molar-refractivity contribution in [2.24, 2.45) is 0 Å². The Morgan fingerprint density at radius 1 is 1.00 bits per heavy atom. The second-order valence-corrected chi connectivity index (χ2v) is 8.71. The Hall–Kier alpha value is 0.277. The average Bonchev–Trinajstić information content (AvgIpc) is 2.04. The number of rotatable bonds is 6. The maximum Gasteiger partial charge on any atom is 0.0932 e. The molecule has 0 aliphatic rings. The van der Waals surface area contributed by atoms with Gasteiger partial charge in [-0.05, 0) is 12.1 Å². The Kier molecular flexibility index (Phi) is 6.02. The maximum absolute atomic E-state index is 5.86. The van der Waals surface area contributed by atoms with E-state index in [1.807, 2.05) is 12.2 Å². The first kappa shape index (κ1) is 11.3. The van der Waals surface area contributed by atoms with Crippen molar-refractivity contribution in [1.29, 1.82) is 0 Å². The summed E-state index contributed by atoms with van der Waals surface area (Å²) in [6.07, 6.45) is 3.83. The lowest BCUT2D eigenvalue weighted by Gasteiger charge is -2.23. The topological polar surface area (TPSA) is 0 Å². The molecule has 0 aliphatic carbocycles. The molecule has 64 valence electrons. The van der Waals surface area contributed by atoms with Crippen LogP contribution < -0.4 is 0 Å². The molecule has 0 unspecified atom stereocenters. The van der Waals surface area contributed by atoms with E-state index in [1.54, 1.807) is 0 Å². The Morgan fingerprint density at radius 3 is 1.55 bits per heavy atom. The molecular weight excluding hydrogens is 195 g/mol. The van der Waals surface area contributed by atoms with E-state index in [2.05, 4.69) is 13.2 Å². The van der Waals surface area contributed by atoms with E-state index in [0.717, 1.165) is 12.1 Å². The molecule has 0 saturated carbocycles. The molecule has 0 radical (unpaired) electrons. The average molecular weight is 209 g/mol. The summed E-state index contributed by atoms with van der Waals surface area (Å²) in [7, 11) is -1.45. The van der Waals surface area contributed by atoms with Crippen molar-refractivity contribution in [3.05, 3.63) is 25.3 Å². The molecule has 0 fully saturated rings. The van der Waals surface area contributed by atoms with Gasteiger partial charge in [0.1, 0.15) is 0 Å². The van der Waals surface area contributed by atoms with Crippen molar-refractivity contribution in [2.45, 2.75) is 12.1 Å². The van der Waals surface area contributed by atoms with E-state index in [1.165, 1.54) is 0 Å². The zero-order valence-electron chi connectivity index (χ0n) is 6.65. The smallest absolute Gasteiger partial charge is 0.0932 e. The van der Waals surface area contributed by atoms with Crippen LogP contribution in [0, 0.1) is 0 Å². The van der Waals surface area contributed by atoms with Crippen LogP contribution in [0.1, 0.15) is 0 Å². The Balaban J connectivity index is 4.17. The zero-order valence-corrected chi connectivity index (χ0v) is 9.17. The van der Waals surface area contributed by atoms with E-state index < -0.39 is 8.07 Å². The summed E-state index contributed by atoms with van der Waals surface area (Å²) >= 11 is 11.7. The fraction of sp³-hybridized carbons (Fsp3) is 0.500. The van der Waals surface area contributed by atoms with E-state index in [-0.39, 0.29) is 0 Å². The summed E-state index contributed by atoms with van der Waals surface area (Å²) in [5.74, 6) is 0. The third-order valence-corrected chi connectivity index (χ3v) is 8.57. The summed E-state index contributed by atoms with van der Waals surface area (Å²) in [4.78, 5) is 0. The van der Waals surface area contributed by atoms with Crippen molar-refractivity contribution in [2.75, 3.05) is 11.0 Å². The highest BCUT2D eigenvalue weighted by Gasteiger charge is 2.27. The van der Waals surface area contributed by atoms with Gasteiger partial charge in [-0.25, -0.2) is 0 Å². The molecule has 0 aromatic carbocycles. The fourth-order valence-electron chi connectivity index (χ4n) is 0.950. The van der Waals surface area contributed by atoms with Gasteiger partial charge in [0.25, 0.3) is 0 Å². The summed E-state index contributed by atoms with van der Waals surface area (Å²) < 4.78 is 0. The van der Waals surface area contributed by atoms with Crippen LogP contribution in [0.15, 0.2) is 25.3 Å². The lowest BCUT2D eigenvalue weighted by molar-refractivity contribution is 1.39. The van der Waals surface area contributed by atoms with Crippen LogP contribution in [-0.4, -0.2) is 19.1 Å². The number of allylic oxidation sites excluding steroid dienone is 2. The Morgan fingerprint density at radius 2 is 1.36 bits per heavy atom. The second kappa shape index (κ2) is 5.87. The van der Waals surface area contributed by atoms with Gasteiger partial charge in [0, 0.05) is 11.0 Å². The summed E-state index contributed by atoms with van der Waals surface area (Å²) in [6, 6.07) is 1.98. The highest BCUT2D eigenvalue weighted by molar-refractivity contribution is 6.90. The molecule has 0 N–H and O–H groups in total. The summed E-state index contributed by atoms with van der Waals surface area (Å²) in [6.45, 7) is 7.41. The third kappa shape index (κ3) is 3.45. The molecule has 0 amide bonds. The lowest BCUT2D eigenvalue weighted by Crippen LogP contribution is -2.38. The molecule has 0 aliphatic heterocycles. The molecule has 0 aromatic rings. The highest BCUT2D eigenvalue weighted by atomic mass is 35.5. The minimum atomic E-state index is -1.45. The van der Waals surface area contributed by atoms with Gasteiger partial charge in [0.15, 0.2) is 0 Å². The van der Waals surface area contributed by atoms with Crippen LogP contribution in [-0.2, 0) is 0 Å². The van der Waals surface area contributed by atoms with Gasteiger partial charge in [-0.3, -0.25) is 0 Å². The van der Waals surface area contributed by atoms with Gasteiger partial charge < -0.3 is 0 Å². The normalized spacial score (nSPS) is 11.1. The second-order valence-electron chi connectivity index (χ2n) is 2.75. The molecule has 0 aromatic heterocycles.